The summed E-state index contributed by atoms with van der Waals surface area (Å²) >= 11 is 0. The van der Waals surface area contributed by atoms with E-state index in [2.05, 4.69) is 0 Å². The predicted octanol–water partition coefficient (Wildman–Crippen LogP) is 0.335. The van der Waals surface area contributed by atoms with Crippen molar-refractivity contribution < 1.29 is 23.1 Å². The maximum atomic E-state index is 12.8. The number of aliphatic hydroxyl groups is 1. The molecule has 1 saturated carbocycles. The molecule has 0 aromatic heterocycles. The number of sulfonamides is 1. The van der Waals surface area contributed by atoms with Gasteiger partial charge in [-0.3, -0.25) is 4.79 Å². The van der Waals surface area contributed by atoms with Gasteiger partial charge in [0.25, 0.3) is 5.91 Å². The Kier molecular flexibility index (Phi) is 5.48. The minimum Gasteiger partial charge on any atom is -0.380 e. The van der Waals surface area contributed by atoms with Crippen LogP contribution in [0.4, 0.5) is 0 Å². The van der Waals surface area contributed by atoms with Crippen LogP contribution in [0.5, 0.6) is 0 Å². The van der Waals surface area contributed by atoms with E-state index in [4.69, 9.17) is 4.74 Å². The quantitative estimate of drug-likeness (QED) is 0.784. The van der Waals surface area contributed by atoms with Crippen molar-refractivity contribution in [1.82, 2.24) is 9.21 Å². The average Bonchev–Trinajstić information content (AvgIpc) is 2.62. The van der Waals surface area contributed by atoms with Crippen molar-refractivity contribution in [3.63, 3.8) is 0 Å². The summed E-state index contributed by atoms with van der Waals surface area (Å²) in [5.41, 5.74) is -1.29. The third kappa shape index (κ3) is 3.61. The molecule has 3 fully saturated rings. The lowest BCUT2D eigenvalue weighted by molar-refractivity contribution is -0.155. The summed E-state index contributed by atoms with van der Waals surface area (Å²) in [4.78, 5) is 14.4. The van der Waals surface area contributed by atoms with Crippen LogP contribution < -0.4 is 0 Å². The first-order valence-electron chi connectivity index (χ1n) is 9.02. The molecule has 138 valence electrons. The molecule has 0 radical (unpaired) electrons. The number of piperidine rings is 1. The van der Waals surface area contributed by atoms with Gasteiger partial charge in [-0.25, -0.2) is 8.42 Å². The fourth-order valence-electron chi connectivity index (χ4n) is 4.02. The van der Waals surface area contributed by atoms with Crippen LogP contribution >= 0.6 is 0 Å². The number of morpholine rings is 1. The standard InChI is InChI=1S/C16H28N2O5S/c19-15(16(20)6-2-1-3-7-16)17-8-4-5-14(13-17)24(21,22)18-9-11-23-12-10-18/h14,20H,1-13H2/t14-/m1/s1. The van der Waals surface area contributed by atoms with Gasteiger partial charge in [0.15, 0.2) is 0 Å². The summed E-state index contributed by atoms with van der Waals surface area (Å²) < 4.78 is 32.4. The van der Waals surface area contributed by atoms with Crippen molar-refractivity contribution in [3.05, 3.63) is 0 Å². The third-order valence-corrected chi connectivity index (χ3v) is 7.81. The highest BCUT2D eigenvalue weighted by Gasteiger charge is 2.43. The summed E-state index contributed by atoms with van der Waals surface area (Å²) in [6.45, 7) is 2.35. The Balaban J connectivity index is 1.68. The van der Waals surface area contributed by atoms with E-state index in [1.807, 2.05) is 0 Å². The topological polar surface area (TPSA) is 87.2 Å². The lowest BCUT2D eigenvalue weighted by Gasteiger charge is -2.40. The summed E-state index contributed by atoms with van der Waals surface area (Å²) in [6, 6.07) is 0. The van der Waals surface area contributed by atoms with Crippen molar-refractivity contribution in [2.75, 3.05) is 39.4 Å². The Morgan fingerprint density at radius 2 is 1.71 bits per heavy atom. The van der Waals surface area contributed by atoms with Gasteiger partial charge < -0.3 is 14.7 Å². The van der Waals surface area contributed by atoms with Crippen LogP contribution in [-0.2, 0) is 19.6 Å². The van der Waals surface area contributed by atoms with Crippen LogP contribution in [0, 0.1) is 0 Å². The van der Waals surface area contributed by atoms with E-state index in [-0.39, 0.29) is 12.5 Å². The van der Waals surface area contributed by atoms with E-state index < -0.39 is 20.9 Å². The second kappa shape index (κ2) is 7.27. The van der Waals surface area contributed by atoms with Gasteiger partial charge in [-0.2, -0.15) is 4.31 Å². The molecule has 8 heteroatoms. The van der Waals surface area contributed by atoms with Gasteiger partial charge in [0.1, 0.15) is 5.60 Å². The monoisotopic (exact) mass is 360 g/mol. The summed E-state index contributed by atoms with van der Waals surface area (Å²) in [5.74, 6) is -0.274. The van der Waals surface area contributed by atoms with E-state index in [0.717, 1.165) is 19.3 Å². The van der Waals surface area contributed by atoms with Crippen LogP contribution in [-0.4, -0.2) is 78.9 Å². The Hall–Kier alpha value is -0.700. The molecule has 2 aliphatic heterocycles. The van der Waals surface area contributed by atoms with Crippen LogP contribution in [0.15, 0.2) is 0 Å². The maximum Gasteiger partial charge on any atom is 0.254 e. The van der Waals surface area contributed by atoms with Gasteiger partial charge in [0.05, 0.1) is 18.5 Å². The number of ether oxygens (including phenoxy) is 1. The first kappa shape index (κ1) is 18.1. The highest BCUT2D eigenvalue weighted by molar-refractivity contribution is 7.89. The predicted molar refractivity (Wildman–Crippen MR) is 88.9 cm³/mol. The fraction of sp³-hybridized carbons (Fsp3) is 0.938. The summed E-state index contributed by atoms with van der Waals surface area (Å²) in [7, 11) is -3.42. The molecule has 0 spiro atoms. The number of nitrogens with zero attached hydrogens (tertiary/aromatic N) is 2. The van der Waals surface area contributed by atoms with Crippen molar-refractivity contribution >= 4 is 15.9 Å². The van der Waals surface area contributed by atoms with E-state index in [1.54, 1.807) is 4.90 Å². The fourth-order valence-corrected chi connectivity index (χ4v) is 5.94. The van der Waals surface area contributed by atoms with Crippen molar-refractivity contribution in [3.8, 4) is 0 Å². The van der Waals surface area contributed by atoms with Gasteiger partial charge in [-0.1, -0.05) is 19.3 Å². The van der Waals surface area contributed by atoms with Crippen LogP contribution in [0.3, 0.4) is 0 Å². The number of hydrogen-bond acceptors (Lipinski definition) is 5. The van der Waals surface area contributed by atoms with Crippen molar-refractivity contribution in [1.29, 1.82) is 0 Å². The van der Waals surface area contributed by atoms with Gasteiger partial charge in [0, 0.05) is 26.2 Å². The number of carbonyl (C=O) groups excluding carboxylic acids is 1. The van der Waals surface area contributed by atoms with E-state index >= 15 is 0 Å². The second-order valence-corrected chi connectivity index (χ2v) is 9.38. The molecule has 2 saturated heterocycles. The Bertz CT molecular complexity index is 553. The molecular formula is C16H28N2O5S. The van der Waals surface area contributed by atoms with Gasteiger partial charge in [-0.05, 0) is 25.7 Å². The lowest BCUT2D eigenvalue weighted by Crippen LogP contribution is -2.56. The van der Waals surface area contributed by atoms with Crippen LogP contribution in [0.1, 0.15) is 44.9 Å². The zero-order valence-corrected chi connectivity index (χ0v) is 15.0. The minimum atomic E-state index is -3.42. The summed E-state index contributed by atoms with van der Waals surface area (Å²) in [5, 5.41) is 10.1. The van der Waals surface area contributed by atoms with Gasteiger partial charge in [0.2, 0.25) is 10.0 Å². The molecule has 3 aliphatic rings. The van der Waals surface area contributed by atoms with E-state index in [1.165, 1.54) is 4.31 Å². The van der Waals surface area contributed by atoms with Crippen LogP contribution in [0.25, 0.3) is 0 Å². The lowest BCUT2D eigenvalue weighted by atomic mass is 9.83. The number of rotatable bonds is 3. The third-order valence-electron chi connectivity index (χ3n) is 5.50. The zero-order chi connectivity index (χ0) is 17.2. The molecule has 0 unspecified atom stereocenters. The molecule has 7 nitrogen and oxygen atoms in total. The normalized spacial score (nSPS) is 29.4. The highest BCUT2D eigenvalue weighted by Crippen LogP contribution is 2.31. The number of likely N-dealkylation sites (tertiary alicyclic amines) is 1. The molecular weight excluding hydrogens is 332 g/mol. The molecule has 0 aromatic rings. The molecule has 1 N–H and O–H groups in total. The Morgan fingerprint density at radius 1 is 1.04 bits per heavy atom. The Morgan fingerprint density at radius 3 is 2.38 bits per heavy atom. The smallest absolute Gasteiger partial charge is 0.254 e. The summed E-state index contributed by atoms with van der Waals surface area (Å²) in [6.07, 6.45) is 4.96. The molecule has 2 heterocycles. The molecule has 1 aliphatic carbocycles. The highest BCUT2D eigenvalue weighted by atomic mass is 32.2. The van der Waals surface area contributed by atoms with Gasteiger partial charge >= 0.3 is 0 Å². The largest absolute Gasteiger partial charge is 0.380 e. The molecule has 0 aromatic carbocycles. The van der Waals surface area contributed by atoms with E-state index in [9.17, 15) is 18.3 Å². The zero-order valence-electron chi connectivity index (χ0n) is 14.2. The van der Waals surface area contributed by atoms with E-state index in [0.29, 0.717) is 58.5 Å². The molecule has 24 heavy (non-hydrogen) atoms. The number of hydrogen-bond donors (Lipinski definition) is 1. The number of carbonyl (C=O) groups is 1. The van der Waals surface area contributed by atoms with Gasteiger partial charge in [-0.15, -0.1) is 0 Å². The maximum absolute atomic E-state index is 12.8. The average molecular weight is 360 g/mol. The first-order chi connectivity index (χ1) is 11.4. The van der Waals surface area contributed by atoms with Crippen molar-refractivity contribution in [2.24, 2.45) is 0 Å². The molecule has 1 amide bonds. The number of amides is 1. The second-order valence-electron chi connectivity index (χ2n) is 7.16. The molecule has 1 atom stereocenters. The molecule has 3 rings (SSSR count). The van der Waals surface area contributed by atoms with Crippen LogP contribution in [0.2, 0.25) is 0 Å². The first-order valence-corrected chi connectivity index (χ1v) is 10.5. The Labute approximate surface area is 144 Å². The van der Waals surface area contributed by atoms with Crippen molar-refractivity contribution in [2.45, 2.75) is 55.8 Å². The molecule has 0 bridgehead atoms. The minimum absolute atomic E-state index is 0.195. The SMILES string of the molecule is O=C(N1CCC[C@@H](S(=O)(=O)N2CCOCC2)C1)C1(O)CCCCC1.